The van der Waals surface area contributed by atoms with Crippen molar-refractivity contribution in [1.29, 1.82) is 0 Å². The Morgan fingerprint density at radius 2 is 0.979 bits per heavy atom. The molecule has 0 aromatic heterocycles. The molecule has 9 saturated carbocycles. The smallest absolute Gasteiger partial charge is 0.0235 e. The molecule has 48 heavy (non-hydrogen) atoms. The lowest BCUT2D eigenvalue weighted by molar-refractivity contribution is -0.0239. The van der Waals surface area contributed by atoms with Crippen LogP contribution in [0.3, 0.4) is 0 Å². The molecule has 9 aliphatic carbocycles. The van der Waals surface area contributed by atoms with Crippen molar-refractivity contribution in [3.63, 3.8) is 0 Å². The largest absolute Gasteiger partial charge is 0.0654 e. The van der Waals surface area contributed by atoms with Gasteiger partial charge in [0.05, 0.1) is 0 Å². The molecule has 0 aliphatic heterocycles. The van der Waals surface area contributed by atoms with Crippen molar-refractivity contribution < 1.29 is 0 Å². The Morgan fingerprint density at radius 3 is 1.58 bits per heavy atom. The van der Waals surface area contributed by atoms with Gasteiger partial charge in [0.25, 0.3) is 0 Å². The first kappa shape index (κ1) is 33.8. The lowest BCUT2D eigenvalue weighted by atomic mass is 9.53. The zero-order valence-electron chi connectivity index (χ0n) is 32.6. The predicted octanol–water partition coefficient (Wildman–Crippen LogP) is 14.2. The summed E-state index contributed by atoms with van der Waals surface area (Å²) in [4.78, 5) is 0. The first-order valence-corrected chi connectivity index (χ1v) is 23.4. The molecule has 0 radical (unpaired) electrons. The van der Waals surface area contributed by atoms with E-state index in [4.69, 9.17) is 0 Å². The van der Waals surface area contributed by atoms with E-state index in [1.807, 2.05) is 0 Å². The van der Waals surface area contributed by atoms with Crippen LogP contribution in [0.5, 0.6) is 0 Å². The van der Waals surface area contributed by atoms with Gasteiger partial charge < -0.3 is 0 Å². The summed E-state index contributed by atoms with van der Waals surface area (Å²) in [5, 5.41) is 0. The van der Waals surface area contributed by atoms with Crippen LogP contribution in [0.15, 0.2) is 0 Å². The fourth-order valence-corrected chi connectivity index (χ4v) is 18.8. The van der Waals surface area contributed by atoms with E-state index < -0.39 is 0 Å². The van der Waals surface area contributed by atoms with Crippen LogP contribution in [0, 0.1) is 106 Å². The fraction of sp³-hybridized carbons (Fsp3) is 1.00. The normalized spacial score (nSPS) is 56.2. The maximum atomic E-state index is 2.91. The maximum absolute atomic E-state index is 2.91. The molecule has 0 nitrogen and oxygen atoms in total. The molecule has 272 valence electrons. The standard InChI is InChI=1S/C48H80/c1-5-11-43-39(6-2)41-27-34-14-9-15-36(34)30-45(41)47(43,3)37-22-18-31(19-23-37)26-32-20-24-38(25-21-32)48(4)44-17-10-16-40(44)42-28-33-12-7-8-13-35(33)29-46(42)48/h31-46H,5-30H2,1-4H3. The number of hydrogen-bond donors (Lipinski definition) is 0. The highest BCUT2D eigenvalue weighted by atomic mass is 14.7. The van der Waals surface area contributed by atoms with E-state index in [-0.39, 0.29) is 0 Å². The van der Waals surface area contributed by atoms with Gasteiger partial charge in [-0.05, 0) is 183 Å². The molecule has 0 heterocycles. The summed E-state index contributed by atoms with van der Waals surface area (Å²) in [6.45, 7) is 10.9. The van der Waals surface area contributed by atoms with E-state index in [0.717, 1.165) is 94.7 Å². The molecule has 0 bridgehead atoms. The zero-order valence-corrected chi connectivity index (χ0v) is 32.6. The minimum absolute atomic E-state index is 0.654. The molecular weight excluding hydrogens is 577 g/mol. The Labute approximate surface area is 299 Å². The van der Waals surface area contributed by atoms with Gasteiger partial charge >= 0.3 is 0 Å². The summed E-state index contributed by atoms with van der Waals surface area (Å²) in [5.74, 6) is 17.4. The minimum atomic E-state index is 0.654. The highest BCUT2D eigenvalue weighted by molar-refractivity contribution is 5.13. The third kappa shape index (κ3) is 5.35. The molecule has 0 saturated heterocycles. The van der Waals surface area contributed by atoms with Crippen LogP contribution in [0.2, 0.25) is 0 Å². The second-order valence-corrected chi connectivity index (χ2v) is 21.8. The van der Waals surface area contributed by atoms with Gasteiger partial charge in [0, 0.05) is 0 Å². The van der Waals surface area contributed by atoms with Gasteiger partial charge in [-0.1, -0.05) is 118 Å². The van der Waals surface area contributed by atoms with Crippen LogP contribution in [-0.4, -0.2) is 0 Å². The van der Waals surface area contributed by atoms with Gasteiger partial charge in [-0.3, -0.25) is 0 Å². The Morgan fingerprint density at radius 1 is 0.458 bits per heavy atom. The quantitative estimate of drug-likeness (QED) is 0.256. The van der Waals surface area contributed by atoms with Crippen LogP contribution in [0.1, 0.15) is 195 Å². The van der Waals surface area contributed by atoms with Crippen molar-refractivity contribution in [2.24, 2.45) is 106 Å². The molecule has 9 rings (SSSR count). The van der Waals surface area contributed by atoms with E-state index >= 15 is 0 Å². The minimum Gasteiger partial charge on any atom is -0.0654 e. The highest BCUT2D eigenvalue weighted by Gasteiger charge is 2.64. The summed E-state index contributed by atoms with van der Waals surface area (Å²) in [6.07, 6.45) is 41.2. The van der Waals surface area contributed by atoms with Gasteiger partial charge in [0.2, 0.25) is 0 Å². The molecule has 0 aromatic carbocycles. The van der Waals surface area contributed by atoms with E-state index in [1.165, 1.54) is 19.3 Å². The molecule has 14 unspecified atom stereocenters. The van der Waals surface area contributed by atoms with Gasteiger partial charge in [-0.15, -0.1) is 0 Å². The summed E-state index contributed by atoms with van der Waals surface area (Å²) < 4.78 is 0. The number of fused-ring (bicyclic) bond motifs is 6. The molecule has 9 fully saturated rings. The second kappa shape index (κ2) is 13.4. The first-order chi connectivity index (χ1) is 23.4. The van der Waals surface area contributed by atoms with Gasteiger partial charge in [0.15, 0.2) is 0 Å². The van der Waals surface area contributed by atoms with Crippen molar-refractivity contribution in [1.82, 2.24) is 0 Å². The number of rotatable bonds is 7. The first-order valence-electron chi connectivity index (χ1n) is 23.4. The van der Waals surface area contributed by atoms with Crippen LogP contribution in [-0.2, 0) is 0 Å². The zero-order chi connectivity index (χ0) is 32.6. The van der Waals surface area contributed by atoms with Crippen LogP contribution < -0.4 is 0 Å². The monoisotopic (exact) mass is 657 g/mol. The average molecular weight is 657 g/mol. The van der Waals surface area contributed by atoms with E-state index in [9.17, 15) is 0 Å². The summed E-state index contributed by atoms with van der Waals surface area (Å²) >= 11 is 0. The Bertz CT molecular complexity index is 1090. The highest BCUT2D eigenvalue weighted by Crippen LogP contribution is 2.71. The summed E-state index contributed by atoms with van der Waals surface area (Å²) in [7, 11) is 0. The van der Waals surface area contributed by atoms with E-state index in [1.54, 1.807) is 148 Å². The second-order valence-electron chi connectivity index (χ2n) is 21.8. The van der Waals surface area contributed by atoms with Gasteiger partial charge in [0.1, 0.15) is 0 Å². The Balaban J connectivity index is 0.824. The van der Waals surface area contributed by atoms with Crippen molar-refractivity contribution in [3.05, 3.63) is 0 Å². The fourth-order valence-electron chi connectivity index (χ4n) is 18.8. The van der Waals surface area contributed by atoms with Crippen molar-refractivity contribution in [3.8, 4) is 0 Å². The molecule has 0 spiro atoms. The molecule has 0 aromatic rings. The summed E-state index contributed by atoms with van der Waals surface area (Å²) in [6, 6.07) is 0. The summed E-state index contributed by atoms with van der Waals surface area (Å²) in [5.41, 5.74) is 1.36. The molecule has 14 atom stereocenters. The Kier molecular flexibility index (Phi) is 9.47. The average Bonchev–Trinajstić information content (AvgIpc) is 3.89. The maximum Gasteiger partial charge on any atom is -0.0235 e. The molecular formula is C48H80. The molecule has 9 aliphatic rings. The predicted molar refractivity (Wildman–Crippen MR) is 203 cm³/mol. The van der Waals surface area contributed by atoms with Crippen LogP contribution in [0.4, 0.5) is 0 Å². The SMILES string of the molecule is CCCC1C(CC)C2CC3CCCC3CC2C1(C)C1CCC(CC2CCC(C3(C)C4CCCC4C4CC5CCCCC5CC43)CC2)CC1. The lowest BCUT2D eigenvalue weighted by Gasteiger charge is -2.52. The molecule has 0 N–H and O–H groups in total. The van der Waals surface area contributed by atoms with Gasteiger partial charge in [-0.25, -0.2) is 0 Å². The van der Waals surface area contributed by atoms with E-state index in [2.05, 4.69) is 27.7 Å². The van der Waals surface area contributed by atoms with Crippen molar-refractivity contribution in [2.75, 3.05) is 0 Å². The van der Waals surface area contributed by atoms with Crippen LogP contribution in [0.25, 0.3) is 0 Å². The topological polar surface area (TPSA) is 0 Å². The van der Waals surface area contributed by atoms with Gasteiger partial charge in [-0.2, -0.15) is 0 Å². The van der Waals surface area contributed by atoms with E-state index in [0.29, 0.717) is 10.8 Å². The molecule has 0 amide bonds. The number of hydrogen-bond acceptors (Lipinski definition) is 0. The van der Waals surface area contributed by atoms with Crippen molar-refractivity contribution in [2.45, 2.75) is 195 Å². The third-order valence-corrected chi connectivity index (χ3v) is 20.8. The van der Waals surface area contributed by atoms with Crippen molar-refractivity contribution >= 4 is 0 Å². The third-order valence-electron chi connectivity index (χ3n) is 20.8. The lowest BCUT2D eigenvalue weighted by Crippen LogP contribution is -2.44. The van der Waals surface area contributed by atoms with Crippen LogP contribution >= 0.6 is 0 Å². The Hall–Kier alpha value is 0. The molecule has 0 heteroatoms.